The standard InChI is InChI=1S/C17H30N6O/c1-21(2)17(24)5-9-22-8-3-4-14(13-22)15-12-16(20-19-15)23-10-6-18-7-11-23/h12,14,18H,3-11,13H2,1-2H3,(H,19,20). The molecule has 1 aromatic rings. The number of aromatic nitrogens is 2. The first-order valence-corrected chi connectivity index (χ1v) is 9.07. The van der Waals surface area contributed by atoms with Crippen LogP contribution in [-0.4, -0.2) is 85.8 Å². The summed E-state index contributed by atoms with van der Waals surface area (Å²) < 4.78 is 0. The second-order valence-electron chi connectivity index (χ2n) is 7.10. The summed E-state index contributed by atoms with van der Waals surface area (Å²) in [5, 5.41) is 11.2. The molecule has 0 radical (unpaired) electrons. The van der Waals surface area contributed by atoms with Crippen LogP contribution in [0, 0.1) is 0 Å². The van der Waals surface area contributed by atoms with Crippen molar-refractivity contribution in [3.63, 3.8) is 0 Å². The molecule has 1 aromatic heterocycles. The normalized spacial score (nSPS) is 22.6. The fourth-order valence-electron chi connectivity index (χ4n) is 3.58. The number of aromatic amines is 1. The molecule has 2 fully saturated rings. The average Bonchev–Trinajstić information content (AvgIpc) is 3.11. The molecule has 2 N–H and O–H groups in total. The number of anilines is 1. The molecule has 134 valence electrons. The fraction of sp³-hybridized carbons (Fsp3) is 0.765. The monoisotopic (exact) mass is 334 g/mol. The van der Waals surface area contributed by atoms with Crippen molar-refractivity contribution in [3.05, 3.63) is 11.8 Å². The van der Waals surface area contributed by atoms with E-state index < -0.39 is 0 Å². The Labute approximate surface area is 144 Å². The van der Waals surface area contributed by atoms with Gasteiger partial charge in [0.2, 0.25) is 5.91 Å². The van der Waals surface area contributed by atoms with Gasteiger partial charge in [-0.05, 0) is 19.4 Å². The number of piperazine rings is 1. The molecule has 1 atom stereocenters. The maximum absolute atomic E-state index is 11.8. The van der Waals surface area contributed by atoms with Crippen molar-refractivity contribution >= 4 is 11.7 Å². The number of carbonyl (C=O) groups excluding carboxylic acids is 1. The molecular weight excluding hydrogens is 304 g/mol. The van der Waals surface area contributed by atoms with Crippen LogP contribution in [0.1, 0.15) is 30.9 Å². The van der Waals surface area contributed by atoms with Crippen LogP contribution in [-0.2, 0) is 4.79 Å². The number of rotatable bonds is 5. The topological polar surface area (TPSA) is 67.5 Å². The summed E-state index contributed by atoms with van der Waals surface area (Å²) in [6.07, 6.45) is 2.98. The minimum absolute atomic E-state index is 0.208. The number of hydrogen-bond donors (Lipinski definition) is 2. The molecule has 2 aliphatic heterocycles. The van der Waals surface area contributed by atoms with Crippen LogP contribution >= 0.6 is 0 Å². The molecule has 1 unspecified atom stereocenters. The molecule has 0 spiro atoms. The predicted molar refractivity (Wildman–Crippen MR) is 95.4 cm³/mol. The second kappa shape index (κ2) is 7.98. The molecule has 7 heteroatoms. The quantitative estimate of drug-likeness (QED) is 0.820. The molecule has 2 aliphatic rings. The summed E-state index contributed by atoms with van der Waals surface area (Å²) in [6, 6.07) is 2.23. The highest BCUT2D eigenvalue weighted by Gasteiger charge is 2.24. The van der Waals surface area contributed by atoms with E-state index in [1.807, 2.05) is 14.1 Å². The summed E-state index contributed by atoms with van der Waals surface area (Å²) in [7, 11) is 3.65. The average molecular weight is 334 g/mol. The van der Waals surface area contributed by atoms with Crippen LogP contribution in [0.25, 0.3) is 0 Å². The number of nitrogens with zero attached hydrogens (tertiary/aromatic N) is 4. The maximum Gasteiger partial charge on any atom is 0.223 e. The van der Waals surface area contributed by atoms with Crippen molar-refractivity contribution < 1.29 is 4.79 Å². The number of piperidine rings is 1. The van der Waals surface area contributed by atoms with Gasteiger partial charge in [-0.15, -0.1) is 0 Å². The van der Waals surface area contributed by atoms with Crippen LogP contribution < -0.4 is 10.2 Å². The van der Waals surface area contributed by atoms with Crippen molar-refractivity contribution in [2.75, 3.05) is 64.8 Å². The molecule has 3 rings (SSSR count). The Kier molecular flexibility index (Phi) is 5.73. The highest BCUT2D eigenvalue weighted by Crippen LogP contribution is 2.28. The third-order valence-electron chi connectivity index (χ3n) is 5.11. The van der Waals surface area contributed by atoms with Gasteiger partial charge in [0.25, 0.3) is 0 Å². The van der Waals surface area contributed by atoms with E-state index in [1.54, 1.807) is 4.90 Å². The Morgan fingerprint density at radius 2 is 2.12 bits per heavy atom. The molecule has 2 saturated heterocycles. The Morgan fingerprint density at radius 3 is 2.88 bits per heavy atom. The molecule has 7 nitrogen and oxygen atoms in total. The van der Waals surface area contributed by atoms with Crippen molar-refractivity contribution in [2.24, 2.45) is 0 Å². The van der Waals surface area contributed by atoms with Crippen molar-refractivity contribution in [2.45, 2.75) is 25.2 Å². The predicted octanol–water partition coefficient (Wildman–Crippen LogP) is 0.477. The zero-order valence-corrected chi connectivity index (χ0v) is 14.9. The number of amides is 1. The van der Waals surface area contributed by atoms with Gasteiger partial charge in [0.15, 0.2) is 5.82 Å². The van der Waals surface area contributed by atoms with Crippen LogP contribution in [0.5, 0.6) is 0 Å². The van der Waals surface area contributed by atoms with Gasteiger partial charge in [-0.2, -0.15) is 5.10 Å². The minimum Gasteiger partial charge on any atom is -0.353 e. The first-order chi connectivity index (χ1) is 11.6. The van der Waals surface area contributed by atoms with Gasteiger partial charge in [-0.1, -0.05) is 0 Å². The van der Waals surface area contributed by atoms with Crippen LogP contribution in [0.4, 0.5) is 5.82 Å². The zero-order chi connectivity index (χ0) is 16.9. The van der Waals surface area contributed by atoms with Crippen molar-refractivity contribution in [3.8, 4) is 0 Å². The Bertz CT molecular complexity index is 537. The SMILES string of the molecule is CN(C)C(=O)CCN1CCCC(c2cc(N3CCNCC3)n[nH]2)C1. The first kappa shape index (κ1) is 17.2. The number of H-pyrrole nitrogens is 1. The first-order valence-electron chi connectivity index (χ1n) is 9.07. The molecule has 0 bridgehead atoms. The van der Waals surface area contributed by atoms with Crippen LogP contribution in [0.2, 0.25) is 0 Å². The highest BCUT2D eigenvalue weighted by atomic mass is 16.2. The van der Waals surface area contributed by atoms with Crippen molar-refractivity contribution in [1.82, 2.24) is 25.3 Å². The van der Waals surface area contributed by atoms with Crippen molar-refractivity contribution in [1.29, 1.82) is 0 Å². The van der Waals surface area contributed by atoms with E-state index >= 15 is 0 Å². The number of hydrogen-bond acceptors (Lipinski definition) is 5. The lowest BCUT2D eigenvalue weighted by molar-refractivity contribution is -0.129. The molecular formula is C17H30N6O. The van der Waals surface area contributed by atoms with Gasteiger partial charge in [-0.3, -0.25) is 9.89 Å². The summed E-state index contributed by atoms with van der Waals surface area (Å²) in [5.41, 5.74) is 1.24. The summed E-state index contributed by atoms with van der Waals surface area (Å²) in [5.74, 6) is 1.78. The van der Waals surface area contributed by atoms with Gasteiger partial charge in [-0.25, -0.2) is 0 Å². The van der Waals surface area contributed by atoms with E-state index in [4.69, 9.17) is 0 Å². The van der Waals surface area contributed by atoms with Gasteiger partial charge in [0, 0.05) is 77.5 Å². The molecule has 0 aromatic carbocycles. The lowest BCUT2D eigenvalue weighted by atomic mass is 9.94. The molecule has 3 heterocycles. The van der Waals surface area contributed by atoms with Gasteiger partial charge < -0.3 is 20.0 Å². The van der Waals surface area contributed by atoms with E-state index in [2.05, 4.69) is 31.4 Å². The van der Waals surface area contributed by atoms with Gasteiger partial charge >= 0.3 is 0 Å². The smallest absolute Gasteiger partial charge is 0.223 e. The molecule has 0 aliphatic carbocycles. The third kappa shape index (κ3) is 4.27. The van der Waals surface area contributed by atoms with E-state index in [1.165, 1.54) is 18.5 Å². The Morgan fingerprint density at radius 1 is 1.33 bits per heavy atom. The van der Waals surface area contributed by atoms with E-state index in [-0.39, 0.29) is 5.91 Å². The number of carbonyl (C=O) groups is 1. The molecule has 24 heavy (non-hydrogen) atoms. The van der Waals surface area contributed by atoms with Gasteiger partial charge in [0.05, 0.1) is 0 Å². The number of likely N-dealkylation sites (tertiary alicyclic amines) is 1. The Hall–Kier alpha value is -1.60. The van der Waals surface area contributed by atoms with Gasteiger partial charge in [0.1, 0.15) is 0 Å². The largest absolute Gasteiger partial charge is 0.353 e. The lowest BCUT2D eigenvalue weighted by Gasteiger charge is -2.32. The fourth-order valence-corrected chi connectivity index (χ4v) is 3.58. The van der Waals surface area contributed by atoms with E-state index in [9.17, 15) is 4.79 Å². The van der Waals surface area contributed by atoms with Crippen LogP contribution in [0.15, 0.2) is 6.07 Å². The van der Waals surface area contributed by atoms with E-state index in [0.717, 1.165) is 51.6 Å². The minimum atomic E-state index is 0.208. The van der Waals surface area contributed by atoms with E-state index in [0.29, 0.717) is 12.3 Å². The summed E-state index contributed by atoms with van der Waals surface area (Å²) >= 11 is 0. The third-order valence-corrected chi connectivity index (χ3v) is 5.11. The summed E-state index contributed by atoms with van der Waals surface area (Å²) in [6.45, 7) is 7.06. The maximum atomic E-state index is 11.8. The summed E-state index contributed by atoms with van der Waals surface area (Å²) in [4.78, 5) is 18.2. The zero-order valence-electron chi connectivity index (χ0n) is 14.9. The molecule has 0 saturated carbocycles. The van der Waals surface area contributed by atoms with Crippen LogP contribution in [0.3, 0.4) is 0 Å². The highest BCUT2D eigenvalue weighted by molar-refractivity contribution is 5.75. The second-order valence-corrected chi connectivity index (χ2v) is 7.10. The lowest BCUT2D eigenvalue weighted by Crippen LogP contribution is -2.43. The Balaban J connectivity index is 1.54. The molecule has 1 amide bonds. The number of nitrogens with one attached hydrogen (secondary N) is 2.